The second kappa shape index (κ2) is 5.15. The molecule has 17 heavy (non-hydrogen) atoms. The van der Waals surface area contributed by atoms with E-state index in [1.807, 2.05) is 0 Å². The van der Waals surface area contributed by atoms with Crippen molar-refractivity contribution >= 4 is 11.7 Å². The molecule has 1 aromatic rings. The lowest BCUT2D eigenvalue weighted by atomic mass is 10.1. The number of esters is 1. The molecule has 0 N–H and O–H groups in total. The summed E-state index contributed by atoms with van der Waals surface area (Å²) in [4.78, 5) is 21.6. The number of nitrogens with zero attached hydrogens (tertiary/aromatic N) is 1. The lowest BCUT2D eigenvalue weighted by molar-refractivity contribution is -0.385. The van der Waals surface area contributed by atoms with Crippen molar-refractivity contribution in [1.82, 2.24) is 0 Å². The third-order valence-corrected chi connectivity index (χ3v) is 2.11. The van der Waals surface area contributed by atoms with Gasteiger partial charge in [-0.2, -0.15) is 0 Å². The summed E-state index contributed by atoms with van der Waals surface area (Å²) in [7, 11) is 3.78. The molecule has 0 aromatic heterocycles. The molecular weight excluding hydrogens is 230 g/mol. The van der Waals surface area contributed by atoms with Crippen LogP contribution in [0.2, 0.25) is 0 Å². The van der Waals surface area contributed by atoms with Crippen molar-refractivity contribution in [1.29, 1.82) is 0 Å². The van der Waals surface area contributed by atoms with E-state index in [0.29, 0.717) is 0 Å². The number of hydrogen-bond donors (Lipinski definition) is 0. The molecule has 1 aromatic carbocycles. The molecule has 0 bridgehead atoms. The molecule has 0 aliphatic rings. The normalized spacial score (nSPS) is 9.59. The van der Waals surface area contributed by atoms with Gasteiger partial charge in [0.1, 0.15) is 0 Å². The van der Waals surface area contributed by atoms with E-state index >= 15 is 0 Å². The molecule has 0 saturated carbocycles. The van der Waals surface area contributed by atoms with Gasteiger partial charge in [0.15, 0.2) is 17.1 Å². The highest BCUT2D eigenvalue weighted by atomic mass is 16.6. The second-order valence-electron chi connectivity index (χ2n) is 2.94. The molecule has 0 unspecified atom stereocenters. The lowest BCUT2D eigenvalue weighted by Gasteiger charge is -2.11. The SMILES string of the molecule is COC(=O)c1c([N+](=O)[O-])ccc(OC)c1OC. The minimum atomic E-state index is -0.854. The van der Waals surface area contributed by atoms with Crippen LogP contribution in [0.1, 0.15) is 10.4 Å². The van der Waals surface area contributed by atoms with Crippen LogP contribution in [0.15, 0.2) is 12.1 Å². The monoisotopic (exact) mass is 241 g/mol. The van der Waals surface area contributed by atoms with Crippen LogP contribution in [0.25, 0.3) is 0 Å². The van der Waals surface area contributed by atoms with E-state index in [4.69, 9.17) is 9.47 Å². The molecular formula is C10H11NO6. The summed E-state index contributed by atoms with van der Waals surface area (Å²) in [5.41, 5.74) is -0.658. The Balaban J connectivity index is 3.55. The van der Waals surface area contributed by atoms with E-state index in [9.17, 15) is 14.9 Å². The predicted molar refractivity (Wildman–Crippen MR) is 57.5 cm³/mol. The van der Waals surface area contributed by atoms with Crippen molar-refractivity contribution in [3.63, 3.8) is 0 Å². The van der Waals surface area contributed by atoms with E-state index in [1.54, 1.807) is 0 Å². The summed E-state index contributed by atoms with van der Waals surface area (Å²) in [6.07, 6.45) is 0. The molecule has 0 spiro atoms. The summed E-state index contributed by atoms with van der Waals surface area (Å²) in [5, 5.41) is 10.8. The smallest absolute Gasteiger partial charge is 0.348 e. The largest absolute Gasteiger partial charge is 0.493 e. The van der Waals surface area contributed by atoms with Crippen molar-refractivity contribution in [2.45, 2.75) is 0 Å². The summed E-state index contributed by atoms with van der Waals surface area (Å²) in [5.74, 6) is -0.653. The number of rotatable bonds is 4. The Morgan fingerprint density at radius 1 is 1.24 bits per heavy atom. The van der Waals surface area contributed by atoms with Crippen molar-refractivity contribution in [2.24, 2.45) is 0 Å². The van der Waals surface area contributed by atoms with Crippen LogP contribution in [0, 0.1) is 10.1 Å². The van der Waals surface area contributed by atoms with Gasteiger partial charge in [-0.25, -0.2) is 4.79 Å². The standard InChI is InChI=1S/C10H11NO6/c1-15-7-5-4-6(11(13)14)8(9(7)16-2)10(12)17-3/h4-5H,1-3H3. The Bertz CT molecular complexity index is 456. The maximum absolute atomic E-state index is 11.5. The molecule has 92 valence electrons. The van der Waals surface area contributed by atoms with Gasteiger partial charge in [0.05, 0.1) is 26.3 Å². The van der Waals surface area contributed by atoms with E-state index < -0.39 is 16.6 Å². The fourth-order valence-electron chi connectivity index (χ4n) is 1.37. The molecule has 0 amide bonds. The van der Waals surface area contributed by atoms with Crippen LogP contribution in [0.5, 0.6) is 11.5 Å². The van der Waals surface area contributed by atoms with Gasteiger partial charge < -0.3 is 14.2 Å². The number of carbonyl (C=O) groups is 1. The Hall–Kier alpha value is -2.31. The molecule has 0 heterocycles. The minimum absolute atomic E-state index is 0.0199. The van der Waals surface area contributed by atoms with Gasteiger partial charge in [-0.1, -0.05) is 0 Å². The van der Waals surface area contributed by atoms with E-state index in [-0.39, 0.29) is 17.1 Å². The first-order chi connectivity index (χ1) is 8.06. The average molecular weight is 241 g/mol. The van der Waals surface area contributed by atoms with E-state index in [2.05, 4.69) is 4.74 Å². The molecule has 0 saturated heterocycles. The Kier molecular flexibility index (Phi) is 3.86. The number of benzene rings is 1. The van der Waals surface area contributed by atoms with Gasteiger partial charge >= 0.3 is 5.97 Å². The van der Waals surface area contributed by atoms with Gasteiger partial charge in [-0.3, -0.25) is 10.1 Å². The fourth-order valence-corrected chi connectivity index (χ4v) is 1.37. The zero-order valence-corrected chi connectivity index (χ0v) is 9.55. The topological polar surface area (TPSA) is 87.9 Å². The third-order valence-electron chi connectivity index (χ3n) is 2.11. The predicted octanol–water partition coefficient (Wildman–Crippen LogP) is 1.40. The fraction of sp³-hybridized carbons (Fsp3) is 0.300. The molecule has 0 fully saturated rings. The minimum Gasteiger partial charge on any atom is -0.493 e. The number of nitro groups is 1. The van der Waals surface area contributed by atoms with Gasteiger partial charge in [0, 0.05) is 6.07 Å². The first-order valence-corrected chi connectivity index (χ1v) is 4.54. The first-order valence-electron chi connectivity index (χ1n) is 4.54. The number of hydrogen-bond acceptors (Lipinski definition) is 6. The average Bonchev–Trinajstić information content (AvgIpc) is 2.35. The highest BCUT2D eigenvalue weighted by Gasteiger charge is 2.28. The maximum atomic E-state index is 11.5. The van der Waals surface area contributed by atoms with Crippen LogP contribution >= 0.6 is 0 Å². The first kappa shape index (κ1) is 12.8. The van der Waals surface area contributed by atoms with Gasteiger partial charge in [-0.05, 0) is 6.07 Å². The Morgan fingerprint density at radius 3 is 2.29 bits per heavy atom. The van der Waals surface area contributed by atoms with E-state index in [1.165, 1.54) is 20.3 Å². The lowest BCUT2D eigenvalue weighted by Crippen LogP contribution is -2.09. The molecule has 0 aliphatic heterocycles. The van der Waals surface area contributed by atoms with E-state index in [0.717, 1.165) is 13.2 Å². The third kappa shape index (κ3) is 2.27. The van der Waals surface area contributed by atoms with Crippen molar-refractivity contribution in [3.8, 4) is 11.5 Å². The van der Waals surface area contributed by atoms with Crippen molar-refractivity contribution < 1.29 is 23.9 Å². The van der Waals surface area contributed by atoms with Crippen molar-refractivity contribution in [2.75, 3.05) is 21.3 Å². The van der Waals surface area contributed by atoms with Crippen LogP contribution in [-0.2, 0) is 4.74 Å². The summed E-state index contributed by atoms with van der Waals surface area (Å²) < 4.78 is 14.4. The summed E-state index contributed by atoms with van der Waals surface area (Å²) >= 11 is 0. The van der Waals surface area contributed by atoms with Crippen LogP contribution in [-0.4, -0.2) is 32.2 Å². The van der Waals surface area contributed by atoms with Gasteiger partial charge in [0.2, 0.25) is 0 Å². The van der Waals surface area contributed by atoms with Crippen LogP contribution in [0.4, 0.5) is 5.69 Å². The summed E-state index contributed by atoms with van der Waals surface area (Å²) in [6, 6.07) is 2.51. The molecule has 7 heteroatoms. The Labute approximate surface area is 97.0 Å². The number of ether oxygens (including phenoxy) is 3. The van der Waals surface area contributed by atoms with Crippen LogP contribution < -0.4 is 9.47 Å². The number of nitro benzene ring substituents is 1. The highest BCUT2D eigenvalue weighted by molar-refractivity contribution is 5.98. The van der Waals surface area contributed by atoms with Crippen LogP contribution in [0.3, 0.4) is 0 Å². The highest BCUT2D eigenvalue weighted by Crippen LogP contribution is 2.37. The number of carbonyl (C=O) groups excluding carboxylic acids is 1. The zero-order chi connectivity index (χ0) is 13.0. The number of methoxy groups -OCH3 is 3. The quantitative estimate of drug-likeness (QED) is 0.449. The zero-order valence-electron chi connectivity index (χ0n) is 9.55. The molecule has 0 aliphatic carbocycles. The van der Waals surface area contributed by atoms with Crippen molar-refractivity contribution in [3.05, 3.63) is 27.8 Å². The summed E-state index contributed by atoms with van der Waals surface area (Å²) in [6.45, 7) is 0. The molecule has 7 nitrogen and oxygen atoms in total. The van der Waals surface area contributed by atoms with Gasteiger partial charge in [-0.15, -0.1) is 0 Å². The molecule has 0 atom stereocenters. The van der Waals surface area contributed by atoms with Gasteiger partial charge in [0.25, 0.3) is 5.69 Å². The second-order valence-corrected chi connectivity index (χ2v) is 2.94. The Morgan fingerprint density at radius 2 is 1.88 bits per heavy atom. The molecule has 1 rings (SSSR count). The molecule has 0 radical (unpaired) electrons. The maximum Gasteiger partial charge on any atom is 0.348 e.